The van der Waals surface area contributed by atoms with Gasteiger partial charge in [-0.3, -0.25) is 4.79 Å². The van der Waals surface area contributed by atoms with Gasteiger partial charge in [-0.05, 0) is 20.3 Å². The summed E-state index contributed by atoms with van der Waals surface area (Å²) in [6, 6.07) is 0.198. The highest BCUT2D eigenvalue weighted by molar-refractivity contribution is 5.31. The number of hydrogen-bond donors (Lipinski definition) is 2. The fraction of sp³-hybridized carbons (Fsp3) is 0.667. The van der Waals surface area contributed by atoms with Gasteiger partial charge in [0.15, 0.2) is 5.82 Å². The highest BCUT2D eigenvalue weighted by Gasteiger charge is 2.08. The van der Waals surface area contributed by atoms with Gasteiger partial charge in [0.2, 0.25) is 0 Å². The lowest BCUT2D eigenvalue weighted by atomic mass is 10.2. The quantitative estimate of drug-likeness (QED) is 0.785. The van der Waals surface area contributed by atoms with E-state index in [9.17, 15) is 4.79 Å². The summed E-state index contributed by atoms with van der Waals surface area (Å²) < 4.78 is 1.65. The molecule has 0 aliphatic carbocycles. The maximum atomic E-state index is 12.0. The van der Waals surface area contributed by atoms with Crippen molar-refractivity contribution in [3.63, 3.8) is 0 Å². The second kappa shape index (κ2) is 6.39. The van der Waals surface area contributed by atoms with Gasteiger partial charge in [-0.25, -0.2) is 4.98 Å². The minimum atomic E-state index is -0.0915. The Bertz CT molecular complexity index is 400. The third-order valence-corrected chi connectivity index (χ3v) is 2.62. The monoisotopic (exact) mass is 238 g/mol. The molecule has 0 bridgehead atoms. The van der Waals surface area contributed by atoms with Crippen molar-refractivity contribution in [3.05, 3.63) is 22.7 Å². The van der Waals surface area contributed by atoms with Crippen LogP contribution in [0.1, 0.15) is 39.7 Å². The van der Waals surface area contributed by atoms with E-state index in [0.717, 1.165) is 12.8 Å². The SMILES string of the molecule is CCCC(N)CNc1nccn(C(C)C)c1=O. The number of aromatic nitrogens is 2. The lowest BCUT2D eigenvalue weighted by Crippen LogP contribution is -2.32. The maximum absolute atomic E-state index is 12.0. The van der Waals surface area contributed by atoms with Crippen LogP contribution in [0.4, 0.5) is 5.82 Å². The van der Waals surface area contributed by atoms with Gasteiger partial charge in [-0.2, -0.15) is 0 Å². The summed E-state index contributed by atoms with van der Waals surface area (Å²) in [5, 5.41) is 3.02. The van der Waals surface area contributed by atoms with Crippen molar-refractivity contribution >= 4 is 5.82 Å². The van der Waals surface area contributed by atoms with E-state index in [0.29, 0.717) is 12.4 Å². The number of rotatable bonds is 6. The predicted octanol–water partition coefficient (Wildman–Crippen LogP) is 1.36. The van der Waals surface area contributed by atoms with E-state index in [2.05, 4.69) is 17.2 Å². The van der Waals surface area contributed by atoms with Crippen LogP contribution in [-0.4, -0.2) is 22.1 Å². The highest BCUT2D eigenvalue weighted by Crippen LogP contribution is 2.02. The molecule has 96 valence electrons. The molecule has 1 heterocycles. The zero-order valence-corrected chi connectivity index (χ0v) is 10.8. The molecule has 1 aromatic heterocycles. The van der Waals surface area contributed by atoms with Crippen LogP contribution in [0.2, 0.25) is 0 Å². The van der Waals surface area contributed by atoms with Crippen LogP contribution in [0, 0.1) is 0 Å². The number of hydrogen-bond acceptors (Lipinski definition) is 4. The summed E-state index contributed by atoms with van der Waals surface area (Å²) in [7, 11) is 0. The number of nitrogens with two attached hydrogens (primary N) is 1. The molecule has 0 amide bonds. The van der Waals surface area contributed by atoms with Crippen LogP contribution in [0.15, 0.2) is 17.2 Å². The maximum Gasteiger partial charge on any atom is 0.293 e. The summed E-state index contributed by atoms with van der Waals surface area (Å²) >= 11 is 0. The van der Waals surface area contributed by atoms with E-state index >= 15 is 0 Å². The van der Waals surface area contributed by atoms with Crippen molar-refractivity contribution in [2.75, 3.05) is 11.9 Å². The first-order chi connectivity index (χ1) is 8.06. The molecule has 5 heteroatoms. The van der Waals surface area contributed by atoms with Crippen molar-refractivity contribution in [3.8, 4) is 0 Å². The molecular weight excluding hydrogens is 216 g/mol. The lowest BCUT2D eigenvalue weighted by Gasteiger charge is -2.14. The van der Waals surface area contributed by atoms with Gasteiger partial charge in [-0.15, -0.1) is 0 Å². The molecule has 0 aliphatic heterocycles. The van der Waals surface area contributed by atoms with Crippen molar-refractivity contribution in [2.24, 2.45) is 5.73 Å². The van der Waals surface area contributed by atoms with Gasteiger partial charge in [0.1, 0.15) is 0 Å². The minimum absolute atomic E-state index is 0.0638. The Labute approximate surface area is 102 Å². The number of nitrogens with zero attached hydrogens (tertiary/aromatic N) is 2. The fourth-order valence-electron chi connectivity index (χ4n) is 1.65. The molecule has 1 atom stereocenters. The van der Waals surface area contributed by atoms with E-state index in [-0.39, 0.29) is 17.6 Å². The van der Waals surface area contributed by atoms with E-state index in [1.807, 2.05) is 13.8 Å². The topological polar surface area (TPSA) is 72.9 Å². The van der Waals surface area contributed by atoms with Gasteiger partial charge in [0.05, 0.1) is 0 Å². The Morgan fingerprint density at radius 1 is 1.53 bits per heavy atom. The summed E-state index contributed by atoms with van der Waals surface area (Å²) in [6.07, 6.45) is 5.32. The standard InChI is InChI=1S/C12H22N4O/c1-4-5-10(13)8-15-11-12(17)16(9(2)3)7-6-14-11/h6-7,9-10H,4-5,8,13H2,1-3H3,(H,14,15). The average molecular weight is 238 g/mol. The predicted molar refractivity (Wildman–Crippen MR) is 70.3 cm³/mol. The summed E-state index contributed by atoms with van der Waals surface area (Å²) in [6.45, 7) is 6.60. The van der Waals surface area contributed by atoms with Crippen molar-refractivity contribution in [2.45, 2.75) is 45.7 Å². The minimum Gasteiger partial charge on any atom is -0.364 e. The van der Waals surface area contributed by atoms with Crippen molar-refractivity contribution in [1.29, 1.82) is 0 Å². The van der Waals surface area contributed by atoms with Crippen LogP contribution in [0.3, 0.4) is 0 Å². The summed E-state index contributed by atoms with van der Waals surface area (Å²) in [5.74, 6) is 0.382. The highest BCUT2D eigenvalue weighted by atomic mass is 16.1. The second-order valence-electron chi connectivity index (χ2n) is 4.51. The third-order valence-electron chi connectivity index (χ3n) is 2.62. The van der Waals surface area contributed by atoms with Crippen molar-refractivity contribution < 1.29 is 0 Å². The molecule has 1 unspecified atom stereocenters. The van der Waals surface area contributed by atoms with Crippen molar-refractivity contribution in [1.82, 2.24) is 9.55 Å². The van der Waals surface area contributed by atoms with E-state index < -0.39 is 0 Å². The molecule has 1 rings (SSSR count). The Hall–Kier alpha value is -1.36. The van der Waals surface area contributed by atoms with Crippen LogP contribution in [0.5, 0.6) is 0 Å². The second-order valence-corrected chi connectivity index (χ2v) is 4.51. The first kappa shape index (κ1) is 13.7. The summed E-state index contributed by atoms with van der Waals surface area (Å²) in [4.78, 5) is 16.0. The molecule has 0 fully saturated rings. The number of anilines is 1. The largest absolute Gasteiger partial charge is 0.364 e. The molecule has 0 aliphatic rings. The average Bonchev–Trinajstić information content (AvgIpc) is 2.27. The lowest BCUT2D eigenvalue weighted by molar-refractivity contribution is 0.573. The molecule has 17 heavy (non-hydrogen) atoms. The first-order valence-electron chi connectivity index (χ1n) is 6.12. The van der Waals surface area contributed by atoms with Crippen LogP contribution in [0.25, 0.3) is 0 Å². The molecule has 0 saturated carbocycles. The van der Waals surface area contributed by atoms with Gasteiger partial charge in [-0.1, -0.05) is 13.3 Å². The van der Waals surface area contributed by atoms with Gasteiger partial charge in [0, 0.05) is 31.0 Å². The molecule has 0 radical (unpaired) electrons. The Morgan fingerprint density at radius 2 is 2.24 bits per heavy atom. The molecule has 3 N–H and O–H groups in total. The van der Waals surface area contributed by atoms with Crippen LogP contribution < -0.4 is 16.6 Å². The van der Waals surface area contributed by atoms with Crippen LogP contribution >= 0.6 is 0 Å². The Morgan fingerprint density at radius 3 is 2.82 bits per heavy atom. The zero-order chi connectivity index (χ0) is 12.8. The van der Waals surface area contributed by atoms with Gasteiger partial charge < -0.3 is 15.6 Å². The zero-order valence-electron chi connectivity index (χ0n) is 10.8. The van der Waals surface area contributed by atoms with E-state index in [1.54, 1.807) is 17.0 Å². The molecule has 0 saturated heterocycles. The molecule has 1 aromatic rings. The number of nitrogens with one attached hydrogen (secondary N) is 1. The smallest absolute Gasteiger partial charge is 0.293 e. The normalized spacial score (nSPS) is 12.8. The van der Waals surface area contributed by atoms with E-state index in [1.165, 1.54) is 0 Å². The van der Waals surface area contributed by atoms with Gasteiger partial charge in [0.25, 0.3) is 5.56 Å². The molecule has 5 nitrogen and oxygen atoms in total. The van der Waals surface area contributed by atoms with Gasteiger partial charge >= 0.3 is 0 Å². The Balaban J connectivity index is 2.72. The van der Waals surface area contributed by atoms with E-state index in [4.69, 9.17) is 5.73 Å². The third kappa shape index (κ3) is 3.85. The molecule has 0 aromatic carbocycles. The van der Waals surface area contributed by atoms with Crippen LogP contribution in [-0.2, 0) is 0 Å². The summed E-state index contributed by atoms with van der Waals surface area (Å²) in [5.41, 5.74) is 5.79. The Kier molecular flexibility index (Phi) is 5.15. The molecule has 0 spiro atoms. The first-order valence-corrected chi connectivity index (χ1v) is 6.12. The fourth-order valence-corrected chi connectivity index (χ4v) is 1.65. The molecular formula is C12H22N4O.